The molecule has 18 heavy (non-hydrogen) atoms. The molecule has 0 aromatic carbocycles. The highest BCUT2D eigenvalue weighted by Crippen LogP contribution is 2.37. The van der Waals surface area contributed by atoms with E-state index in [1.54, 1.807) is 0 Å². The molecule has 0 bridgehead atoms. The maximum absolute atomic E-state index is 11.7. The summed E-state index contributed by atoms with van der Waals surface area (Å²) in [6, 6.07) is 1.33. The molecule has 1 aliphatic heterocycles. The van der Waals surface area contributed by atoms with Crippen LogP contribution in [0.25, 0.3) is 0 Å². The van der Waals surface area contributed by atoms with Gasteiger partial charge in [-0.15, -0.1) is 0 Å². The Morgan fingerprint density at radius 1 is 1.78 bits per heavy atom. The van der Waals surface area contributed by atoms with Crippen LogP contribution in [0, 0.1) is 0 Å². The van der Waals surface area contributed by atoms with E-state index in [9.17, 15) is 15.0 Å². The number of anilines is 1. The molecule has 1 aliphatic rings. The van der Waals surface area contributed by atoms with Gasteiger partial charge in [0.25, 0.3) is 0 Å². The molecule has 1 aromatic rings. The Morgan fingerprint density at radius 2 is 2.50 bits per heavy atom. The van der Waals surface area contributed by atoms with E-state index in [2.05, 4.69) is 4.98 Å². The fourth-order valence-corrected chi connectivity index (χ4v) is 1.88. The average Bonchev–Trinajstić information content (AvgIpc) is 2.63. The van der Waals surface area contributed by atoms with E-state index in [0.29, 0.717) is 0 Å². The zero-order valence-electron chi connectivity index (χ0n) is 10.4. The number of aliphatic hydroxyl groups is 3. The molecule has 1 fully saturated rings. The van der Waals surface area contributed by atoms with Crippen molar-refractivity contribution in [1.82, 2.24) is 9.55 Å². The Morgan fingerprint density at radius 3 is 3.06 bits per heavy atom. The minimum Gasteiger partial charge on any atom is -0.394 e. The lowest BCUT2D eigenvalue weighted by molar-refractivity contribution is -0.0986. The topological polar surface area (TPSA) is 131 Å². The van der Waals surface area contributed by atoms with Crippen molar-refractivity contribution in [2.45, 2.75) is 30.9 Å². The SMILES string of the molecule is [2H]C[C@@]1(O)[C@H](O)[C@@H](CO)O[C@H]1n1ccc(N)nc1=O. The molecule has 2 rings (SSSR count). The van der Waals surface area contributed by atoms with Crippen LogP contribution in [0.1, 0.15) is 14.5 Å². The van der Waals surface area contributed by atoms with E-state index >= 15 is 0 Å². The van der Waals surface area contributed by atoms with Gasteiger partial charge in [0.1, 0.15) is 23.6 Å². The fraction of sp³-hybridized carbons (Fsp3) is 0.600. The van der Waals surface area contributed by atoms with Gasteiger partial charge in [-0.3, -0.25) is 4.57 Å². The Bertz CT molecular complexity index is 524. The monoisotopic (exact) mass is 258 g/mol. The molecule has 1 saturated heterocycles. The highest BCUT2D eigenvalue weighted by Gasteiger charge is 2.53. The van der Waals surface area contributed by atoms with Gasteiger partial charge in [-0.25, -0.2) is 4.79 Å². The molecule has 0 unspecified atom stereocenters. The highest BCUT2D eigenvalue weighted by molar-refractivity contribution is 5.23. The van der Waals surface area contributed by atoms with Gasteiger partial charge in [-0.1, -0.05) is 0 Å². The van der Waals surface area contributed by atoms with Gasteiger partial charge < -0.3 is 25.8 Å². The number of hydrogen-bond donors (Lipinski definition) is 4. The molecule has 100 valence electrons. The number of nitrogens with two attached hydrogens (primary N) is 1. The van der Waals surface area contributed by atoms with E-state index in [-0.39, 0.29) is 5.82 Å². The Kier molecular flexibility index (Phi) is 2.78. The first-order chi connectivity index (χ1) is 8.93. The predicted molar refractivity (Wildman–Crippen MR) is 60.5 cm³/mol. The summed E-state index contributed by atoms with van der Waals surface area (Å²) in [5.41, 5.74) is 2.57. The van der Waals surface area contributed by atoms with E-state index < -0.39 is 43.2 Å². The molecule has 0 spiro atoms. The van der Waals surface area contributed by atoms with Crippen LogP contribution in [0.15, 0.2) is 17.1 Å². The van der Waals surface area contributed by atoms with E-state index in [1.807, 2.05) is 0 Å². The van der Waals surface area contributed by atoms with Crippen LogP contribution in [0.3, 0.4) is 0 Å². The van der Waals surface area contributed by atoms with E-state index in [1.165, 1.54) is 12.3 Å². The summed E-state index contributed by atoms with van der Waals surface area (Å²) in [6.45, 7) is -1.15. The number of ether oxygens (including phenoxy) is 1. The van der Waals surface area contributed by atoms with Crippen molar-refractivity contribution in [3.05, 3.63) is 22.7 Å². The van der Waals surface area contributed by atoms with Crippen LogP contribution < -0.4 is 11.4 Å². The molecule has 1 aromatic heterocycles. The van der Waals surface area contributed by atoms with Gasteiger partial charge in [0.15, 0.2) is 6.23 Å². The Balaban J connectivity index is 2.45. The average molecular weight is 258 g/mol. The molecule has 8 heteroatoms. The van der Waals surface area contributed by atoms with Gasteiger partial charge in [-0.05, 0) is 13.0 Å². The number of rotatable bonds is 2. The number of nitrogen functional groups attached to an aromatic ring is 1. The second-order valence-electron chi connectivity index (χ2n) is 4.19. The normalized spacial score (nSPS) is 36.6. The van der Waals surface area contributed by atoms with Gasteiger partial charge in [0.2, 0.25) is 0 Å². The number of nitrogens with zero attached hydrogens (tertiary/aromatic N) is 2. The first-order valence-electron chi connectivity index (χ1n) is 5.95. The van der Waals surface area contributed by atoms with Crippen molar-refractivity contribution in [2.24, 2.45) is 0 Å². The molecule has 0 radical (unpaired) electrons. The second kappa shape index (κ2) is 4.32. The van der Waals surface area contributed by atoms with Crippen LogP contribution in [-0.4, -0.2) is 49.3 Å². The van der Waals surface area contributed by atoms with E-state index in [0.717, 1.165) is 4.57 Å². The summed E-state index contributed by atoms with van der Waals surface area (Å²) in [4.78, 5) is 15.2. The fourth-order valence-electron chi connectivity index (χ4n) is 1.88. The zero-order valence-corrected chi connectivity index (χ0v) is 9.43. The first kappa shape index (κ1) is 11.6. The molecule has 0 amide bonds. The summed E-state index contributed by atoms with van der Waals surface area (Å²) in [6.07, 6.45) is -2.62. The molecular formula is C10H15N3O5. The first-order valence-corrected chi connectivity index (χ1v) is 5.24. The molecule has 0 aliphatic carbocycles. The van der Waals surface area contributed by atoms with Gasteiger partial charge >= 0.3 is 5.69 Å². The van der Waals surface area contributed by atoms with Crippen LogP contribution in [0.4, 0.5) is 5.82 Å². The Hall–Kier alpha value is -1.48. The standard InChI is InChI=1S/C10H15N3O5/c1-10(17)7(15)5(4-14)18-8(10)13-3-2-6(11)12-9(13)16/h2-3,5,7-8,14-15,17H,4H2,1H3,(H2,11,12,16)/t5-,7-,8-,10-/m1/s1/i1D. The minimum absolute atomic E-state index is 0.00733. The largest absolute Gasteiger partial charge is 0.394 e. The summed E-state index contributed by atoms with van der Waals surface area (Å²) in [7, 11) is 0. The number of hydrogen-bond acceptors (Lipinski definition) is 7. The predicted octanol–water partition coefficient (Wildman–Crippen LogP) is -2.17. The van der Waals surface area contributed by atoms with Crippen LogP contribution in [0.2, 0.25) is 0 Å². The van der Waals surface area contributed by atoms with Crippen LogP contribution >= 0.6 is 0 Å². The molecule has 2 heterocycles. The van der Waals surface area contributed by atoms with Crippen molar-refractivity contribution in [2.75, 3.05) is 12.3 Å². The van der Waals surface area contributed by atoms with E-state index in [4.69, 9.17) is 16.9 Å². The smallest absolute Gasteiger partial charge is 0.351 e. The molecule has 8 nitrogen and oxygen atoms in total. The Labute approximate surface area is 104 Å². The summed E-state index contributed by atoms with van der Waals surface area (Å²) < 4.78 is 13.5. The van der Waals surface area contributed by atoms with Gasteiger partial charge in [0, 0.05) is 7.57 Å². The van der Waals surface area contributed by atoms with Gasteiger partial charge in [0.05, 0.1) is 6.61 Å². The lowest BCUT2D eigenvalue weighted by Crippen LogP contribution is -2.46. The molecule has 4 atom stereocenters. The summed E-state index contributed by atoms with van der Waals surface area (Å²) in [5, 5.41) is 29.2. The summed E-state index contributed by atoms with van der Waals surface area (Å²) >= 11 is 0. The maximum Gasteiger partial charge on any atom is 0.351 e. The molecule has 5 N–H and O–H groups in total. The van der Waals surface area contributed by atoms with Crippen molar-refractivity contribution < 1.29 is 21.4 Å². The molecular weight excluding hydrogens is 242 g/mol. The van der Waals surface area contributed by atoms with Crippen LogP contribution in [-0.2, 0) is 4.74 Å². The lowest BCUT2D eigenvalue weighted by Gasteiger charge is -2.27. The van der Waals surface area contributed by atoms with Crippen LogP contribution in [0.5, 0.6) is 0 Å². The number of aromatic nitrogens is 2. The second-order valence-corrected chi connectivity index (χ2v) is 4.19. The van der Waals surface area contributed by atoms with Crippen molar-refractivity contribution in [3.63, 3.8) is 0 Å². The third-order valence-corrected chi connectivity index (χ3v) is 2.88. The van der Waals surface area contributed by atoms with Gasteiger partial charge in [-0.2, -0.15) is 4.98 Å². The summed E-state index contributed by atoms with van der Waals surface area (Å²) in [5.74, 6) is 0.00733. The zero-order chi connectivity index (χ0) is 14.2. The third-order valence-electron chi connectivity index (χ3n) is 2.88. The molecule has 0 saturated carbocycles. The minimum atomic E-state index is -2.00. The highest BCUT2D eigenvalue weighted by atomic mass is 16.6. The van der Waals surface area contributed by atoms with Crippen molar-refractivity contribution in [3.8, 4) is 0 Å². The van der Waals surface area contributed by atoms with Crippen molar-refractivity contribution in [1.29, 1.82) is 0 Å². The third kappa shape index (κ3) is 1.89. The quantitative estimate of drug-likeness (QED) is 0.474. The lowest BCUT2D eigenvalue weighted by atomic mass is 9.96. The van der Waals surface area contributed by atoms with Crippen molar-refractivity contribution >= 4 is 5.82 Å². The number of aliphatic hydroxyl groups excluding tert-OH is 2. The maximum atomic E-state index is 11.7.